The summed E-state index contributed by atoms with van der Waals surface area (Å²) in [7, 11) is 0. The first-order valence-corrected chi connectivity index (χ1v) is 9.55. The van der Waals surface area contributed by atoms with Gasteiger partial charge in [-0.15, -0.1) is 0 Å². The van der Waals surface area contributed by atoms with E-state index in [2.05, 4.69) is 35.2 Å². The van der Waals surface area contributed by atoms with Crippen molar-refractivity contribution in [3.63, 3.8) is 0 Å². The molecule has 0 saturated heterocycles. The Kier molecular flexibility index (Phi) is 6.63. The number of benzene rings is 1. The lowest BCUT2D eigenvalue weighted by Gasteiger charge is -2.29. The first-order valence-electron chi connectivity index (χ1n) is 9.55. The second-order valence-corrected chi connectivity index (χ2v) is 7.22. The van der Waals surface area contributed by atoms with E-state index in [9.17, 15) is 4.79 Å². The van der Waals surface area contributed by atoms with Gasteiger partial charge < -0.3 is 14.8 Å². The van der Waals surface area contributed by atoms with Crippen LogP contribution in [0.25, 0.3) is 0 Å². The molecule has 0 spiro atoms. The molecule has 1 aliphatic rings. The molecule has 1 fully saturated rings. The van der Waals surface area contributed by atoms with Gasteiger partial charge in [-0.05, 0) is 49.3 Å². The maximum atomic E-state index is 12.2. The van der Waals surface area contributed by atoms with Crippen LogP contribution in [0, 0.1) is 0 Å². The lowest BCUT2D eigenvalue weighted by atomic mass is 9.93. The number of nitrogens with zero attached hydrogens (tertiary/aromatic N) is 2. The molecule has 2 aromatic rings. The van der Waals surface area contributed by atoms with Gasteiger partial charge in [0.05, 0.1) is 6.20 Å². The van der Waals surface area contributed by atoms with Crippen LogP contribution in [0.5, 0.6) is 11.6 Å². The molecule has 0 unspecified atom stereocenters. The minimum Gasteiger partial charge on any atom is -0.484 e. The third-order valence-corrected chi connectivity index (χ3v) is 4.76. The van der Waals surface area contributed by atoms with Crippen LogP contribution < -0.4 is 14.8 Å². The third-order valence-electron chi connectivity index (χ3n) is 4.76. The number of aromatic nitrogens is 2. The fourth-order valence-electron chi connectivity index (χ4n) is 3.22. The lowest BCUT2D eigenvalue weighted by molar-refractivity contribution is -0.124. The molecule has 0 bridgehead atoms. The number of ether oxygens (including phenoxy) is 2. The molecule has 27 heavy (non-hydrogen) atoms. The molecule has 3 rings (SSSR count). The number of nitrogens with one attached hydrogen (secondary N) is 1. The van der Waals surface area contributed by atoms with E-state index in [0.717, 1.165) is 31.4 Å². The maximum absolute atomic E-state index is 12.2. The summed E-state index contributed by atoms with van der Waals surface area (Å²) in [4.78, 5) is 20.3. The Hall–Kier alpha value is -2.63. The molecule has 0 radical (unpaired) electrons. The first kappa shape index (κ1) is 19.1. The summed E-state index contributed by atoms with van der Waals surface area (Å²) in [6, 6.07) is 8.08. The molecule has 0 atom stereocenters. The SMILES string of the molecule is CC(C)c1cccc(OCC(=O)NC2CCC(Oc3cnccn3)CC2)c1. The number of hydrogen-bond donors (Lipinski definition) is 1. The van der Waals surface area contributed by atoms with Crippen LogP contribution in [0.4, 0.5) is 0 Å². The van der Waals surface area contributed by atoms with Crippen LogP contribution in [-0.4, -0.2) is 34.6 Å². The highest BCUT2D eigenvalue weighted by atomic mass is 16.5. The van der Waals surface area contributed by atoms with Crippen molar-refractivity contribution in [3.05, 3.63) is 48.4 Å². The maximum Gasteiger partial charge on any atom is 0.258 e. The van der Waals surface area contributed by atoms with Crippen LogP contribution >= 0.6 is 0 Å². The van der Waals surface area contributed by atoms with Gasteiger partial charge in [-0.3, -0.25) is 9.78 Å². The molecule has 1 heterocycles. The van der Waals surface area contributed by atoms with Gasteiger partial charge in [-0.25, -0.2) is 4.98 Å². The molecule has 144 valence electrons. The molecule has 1 aliphatic carbocycles. The second kappa shape index (κ2) is 9.35. The molecule has 1 N–H and O–H groups in total. The summed E-state index contributed by atoms with van der Waals surface area (Å²) in [5, 5.41) is 3.06. The molecule has 6 heteroatoms. The Morgan fingerprint density at radius 1 is 1.22 bits per heavy atom. The Morgan fingerprint density at radius 3 is 2.74 bits per heavy atom. The molecule has 1 aromatic carbocycles. The summed E-state index contributed by atoms with van der Waals surface area (Å²) >= 11 is 0. The van der Waals surface area contributed by atoms with Gasteiger partial charge >= 0.3 is 0 Å². The quantitative estimate of drug-likeness (QED) is 0.809. The van der Waals surface area contributed by atoms with Crippen LogP contribution in [0.1, 0.15) is 51.0 Å². The van der Waals surface area contributed by atoms with E-state index in [-0.39, 0.29) is 24.7 Å². The monoisotopic (exact) mass is 369 g/mol. The predicted molar refractivity (Wildman–Crippen MR) is 103 cm³/mol. The van der Waals surface area contributed by atoms with Crippen LogP contribution in [0.2, 0.25) is 0 Å². The average molecular weight is 369 g/mol. The van der Waals surface area contributed by atoms with Gasteiger partial charge in [0.15, 0.2) is 6.61 Å². The van der Waals surface area contributed by atoms with Crippen molar-refractivity contribution < 1.29 is 14.3 Å². The zero-order chi connectivity index (χ0) is 19.1. The van der Waals surface area contributed by atoms with Crippen molar-refractivity contribution in [2.24, 2.45) is 0 Å². The summed E-state index contributed by atoms with van der Waals surface area (Å²) < 4.78 is 11.5. The van der Waals surface area contributed by atoms with Crippen LogP contribution in [0.3, 0.4) is 0 Å². The topological polar surface area (TPSA) is 73.3 Å². The lowest BCUT2D eigenvalue weighted by Crippen LogP contribution is -2.41. The Labute approximate surface area is 160 Å². The number of rotatable bonds is 7. The molecular weight excluding hydrogens is 342 g/mol. The normalized spacial score (nSPS) is 19.5. The molecule has 6 nitrogen and oxygen atoms in total. The van der Waals surface area contributed by atoms with Gasteiger partial charge in [0.1, 0.15) is 11.9 Å². The zero-order valence-corrected chi connectivity index (χ0v) is 15.9. The van der Waals surface area contributed by atoms with Crippen LogP contribution in [-0.2, 0) is 4.79 Å². The number of hydrogen-bond acceptors (Lipinski definition) is 5. The first-order chi connectivity index (χ1) is 13.1. The van der Waals surface area contributed by atoms with E-state index >= 15 is 0 Å². The number of amides is 1. The Morgan fingerprint density at radius 2 is 2.04 bits per heavy atom. The highest BCUT2D eigenvalue weighted by Gasteiger charge is 2.24. The zero-order valence-electron chi connectivity index (χ0n) is 15.9. The Balaban J connectivity index is 1.39. The summed E-state index contributed by atoms with van der Waals surface area (Å²) in [6.45, 7) is 4.31. The third kappa shape index (κ3) is 5.94. The van der Waals surface area contributed by atoms with E-state index in [1.54, 1.807) is 18.6 Å². The highest BCUT2D eigenvalue weighted by Crippen LogP contribution is 2.23. The van der Waals surface area contributed by atoms with Crippen molar-refractivity contribution in [1.29, 1.82) is 0 Å². The summed E-state index contributed by atoms with van der Waals surface area (Å²) in [5.41, 5.74) is 1.20. The van der Waals surface area contributed by atoms with Gasteiger partial charge in [0, 0.05) is 18.4 Å². The van der Waals surface area contributed by atoms with Crippen LogP contribution in [0.15, 0.2) is 42.9 Å². The smallest absolute Gasteiger partial charge is 0.258 e. The van der Waals surface area contributed by atoms with E-state index in [1.807, 2.05) is 18.2 Å². The minimum atomic E-state index is -0.0803. The number of carbonyl (C=O) groups excluding carboxylic acids is 1. The summed E-state index contributed by atoms with van der Waals surface area (Å²) in [5.74, 6) is 1.64. The molecular formula is C21H27N3O3. The fourth-order valence-corrected chi connectivity index (χ4v) is 3.22. The van der Waals surface area contributed by atoms with Gasteiger partial charge in [-0.2, -0.15) is 0 Å². The largest absolute Gasteiger partial charge is 0.484 e. The fraction of sp³-hybridized carbons (Fsp3) is 0.476. The van der Waals surface area contributed by atoms with Crippen molar-refractivity contribution in [3.8, 4) is 11.6 Å². The molecule has 1 saturated carbocycles. The second-order valence-electron chi connectivity index (χ2n) is 7.22. The summed E-state index contributed by atoms with van der Waals surface area (Å²) in [6.07, 6.45) is 8.55. The van der Waals surface area contributed by atoms with Crippen molar-refractivity contribution in [2.75, 3.05) is 6.61 Å². The molecule has 1 aromatic heterocycles. The van der Waals surface area contributed by atoms with E-state index in [0.29, 0.717) is 11.8 Å². The Bertz CT molecular complexity index is 728. The van der Waals surface area contributed by atoms with Gasteiger partial charge in [0.25, 0.3) is 5.91 Å². The standard InChI is InChI=1S/C21H27N3O3/c1-15(2)16-4-3-5-19(12-16)26-14-20(25)24-17-6-8-18(9-7-17)27-21-13-22-10-11-23-21/h3-5,10-13,15,17-18H,6-9,14H2,1-2H3,(H,24,25). The van der Waals surface area contributed by atoms with E-state index < -0.39 is 0 Å². The van der Waals surface area contributed by atoms with E-state index in [1.165, 1.54) is 5.56 Å². The highest BCUT2D eigenvalue weighted by molar-refractivity contribution is 5.77. The number of carbonyl (C=O) groups is 1. The van der Waals surface area contributed by atoms with Crippen molar-refractivity contribution in [2.45, 2.75) is 57.6 Å². The van der Waals surface area contributed by atoms with Crippen molar-refractivity contribution >= 4 is 5.91 Å². The molecule has 1 amide bonds. The minimum absolute atomic E-state index is 0.0393. The predicted octanol–water partition coefficient (Wildman–Crippen LogP) is 3.49. The van der Waals surface area contributed by atoms with Gasteiger partial charge in [0.2, 0.25) is 5.88 Å². The van der Waals surface area contributed by atoms with Crippen molar-refractivity contribution in [1.82, 2.24) is 15.3 Å². The van der Waals surface area contributed by atoms with E-state index in [4.69, 9.17) is 9.47 Å². The average Bonchev–Trinajstić information content (AvgIpc) is 2.69. The van der Waals surface area contributed by atoms with Gasteiger partial charge in [-0.1, -0.05) is 26.0 Å². The molecule has 0 aliphatic heterocycles.